The summed E-state index contributed by atoms with van der Waals surface area (Å²) < 4.78 is 1.27. The van der Waals surface area contributed by atoms with E-state index in [1.807, 2.05) is 0 Å². The quantitative estimate of drug-likeness (QED) is 0.704. The Kier molecular flexibility index (Phi) is 2.32. The van der Waals surface area contributed by atoms with E-state index in [0.717, 1.165) is 0 Å². The molecule has 6 nitrogen and oxygen atoms in total. The van der Waals surface area contributed by atoms with Crippen LogP contribution in [0.3, 0.4) is 0 Å². The molecular formula is C7H8N2O4. The van der Waals surface area contributed by atoms with Gasteiger partial charge in [-0.25, -0.2) is 9.59 Å². The molecule has 0 spiro atoms. The largest absolute Gasteiger partial charge is 0.478 e. The van der Waals surface area contributed by atoms with Crippen molar-refractivity contribution in [3.8, 4) is 0 Å². The average Bonchev–Trinajstić information content (AvgIpc) is 2.47. The van der Waals surface area contributed by atoms with Crippen LogP contribution in [0.25, 0.3) is 0 Å². The Morgan fingerprint density at radius 1 is 1.46 bits per heavy atom. The highest BCUT2D eigenvalue weighted by molar-refractivity contribution is 6.00. The van der Waals surface area contributed by atoms with Gasteiger partial charge in [-0.2, -0.15) is 5.10 Å². The van der Waals surface area contributed by atoms with E-state index in [0.29, 0.717) is 6.54 Å². The van der Waals surface area contributed by atoms with Gasteiger partial charge in [0.05, 0.1) is 0 Å². The van der Waals surface area contributed by atoms with Gasteiger partial charge in [0.25, 0.3) is 0 Å². The summed E-state index contributed by atoms with van der Waals surface area (Å²) in [5.74, 6) is -2.61. The molecule has 1 aromatic rings. The van der Waals surface area contributed by atoms with Crippen LogP contribution in [0.15, 0.2) is 6.20 Å². The molecule has 0 unspecified atom stereocenters. The maximum Gasteiger partial charge on any atom is 0.357 e. The van der Waals surface area contributed by atoms with Crippen molar-refractivity contribution in [3.63, 3.8) is 0 Å². The van der Waals surface area contributed by atoms with Crippen molar-refractivity contribution in [1.29, 1.82) is 0 Å². The van der Waals surface area contributed by atoms with Crippen molar-refractivity contribution in [1.82, 2.24) is 9.78 Å². The summed E-state index contributed by atoms with van der Waals surface area (Å²) >= 11 is 0. The fourth-order valence-corrected chi connectivity index (χ4v) is 0.898. The van der Waals surface area contributed by atoms with Crippen LogP contribution in [0.1, 0.15) is 27.8 Å². The zero-order chi connectivity index (χ0) is 10.0. The molecule has 0 aliphatic carbocycles. The standard InChI is InChI=1S/C7H8N2O4/c1-2-9-3-4(6(10)11)5(8-9)7(12)13/h3H,2H2,1H3,(H,10,11)(H,12,13). The van der Waals surface area contributed by atoms with Gasteiger partial charge in [-0.3, -0.25) is 4.68 Å². The fourth-order valence-electron chi connectivity index (χ4n) is 0.898. The molecule has 0 amide bonds. The Bertz CT molecular complexity index is 324. The van der Waals surface area contributed by atoms with Gasteiger partial charge in [-0.05, 0) is 6.92 Å². The second kappa shape index (κ2) is 3.26. The zero-order valence-corrected chi connectivity index (χ0v) is 6.89. The van der Waals surface area contributed by atoms with Gasteiger partial charge in [-0.1, -0.05) is 0 Å². The highest BCUT2D eigenvalue weighted by atomic mass is 16.4. The average molecular weight is 184 g/mol. The second-order valence-electron chi connectivity index (χ2n) is 2.36. The number of aromatic carboxylic acids is 2. The molecule has 0 fully saturated rings. The lowest BCUT2D eigenvalue weighted by molar-refractivity contribution is 0.0648. The second-order valence-corrected chi connectivity index (χ2v) is 2.36. The van der Waals surface area contributed by atoms with Crippen molar-refractivity contribution in [2.24, 2.45) is 0 Å². The Balaban J connectivity index is 3.23. The number of hydrogen-bond donors (Lipinski definition) is 2. The predicted molar refractivity (Wildman–Crippen MR) is 41.8 cm³/mol. The van der Waals surface area contributed by atoms with Crippen molar-refractivity contribution in [2.75, 3.05) is 0 Å². The first-order chi connectivity index (χ1) is 6.06. The first-order valence-corrected chi connectivity index (χ1v) is 3.60. The van der Waals surface area contributed by atoms with Crippen LogP contribution in [0, 0.1) is 0 Å². The smallest absolute Gasteiger partial charge is 0.357 e. The van der Waals surface area contributed by atoms with Crippen LogP contribution in [0.4, 0.5) is 0 Å². The Morgan fingerprint density at radius 2 is 2.08 bits per heavy atom. The van der Waals surface area contributed by atoms with Crippen molar-refractivity contribution in [2.45, 2.75) is 13.5 Å². The van der Waals surface area contributed by atoms with Crippen molar-refractivity contribution < 1.29 is 19.8 Å². The Morgan fingerprint density at radius 3 is 2.38 bits per heavy atom. The predicted octanol–water partition coefficient (Wildman–Crippen LogP) is 0.299. The van der Waals surface area contributed by atoms with Crippen LogP contribution in [-0.2, 0) is 6.54 Å². The fraction of sp³-hybridized carbons (Fsp3) is 0.286. The monoisotopic (exact) mass is 184 g/mol. The van der Waals surface area contributed by atoms with Crippen LogP contribution in [-0.4, -0.2) is 31.9 Å². The first kappa shape index (κ1) is 9.24. The van der Waals surface area contributed by atoms with Gasteiger partial charge < -0.3 is 10.2 Å². The third-order valence-corrected chi connectivity index (χ3v) is 1.52. The molecule has 1 heterocycles. The first-order valence-electron chi connectivity index (χ1n) is 3.60. The maximum atomic E-state index is 10.5. The summed E-state index contributed by atoms with van der Waals surface area (Å²) in [7, 11) is 0. The number of hydrogen-bond acceptors (Lipinski definition) is 3. The molecule has 13 heavy (non-hydrogen) atoms. The summed E-state index contributed by atoms with van der Waals surface area (Å²) in [5, 5.41) is 20.8. The van der Waals surface area contributed by atoms with E-state index in [9.17, 15) is 9.59 Å². The van der Waals surface area contributed by atoms with E-state index in [4.69, 9.17) is 10.2 Å². The number of rotatable bonds is 3. The third-order valence-electron chi connectivity index (χ3n) is 1.52. The molecule has 0 bridgehead atoms. The molecule has 1 aromatic heterocycles. The topological polar surface area (TPSA) is 92.4 Å². The van der Waals surface area contributed by atoms with E-state index < -0.39 is 17.6 Å². The number of carbonyl (C=O) groups is 2. The SMILES string of the molecule is CCn1cc(C(=O)O)c(C(=O)O)n1. The van der Waals surface area contributed by atoms with Gasteiger partial charge in [0, 0.05) is 12.7 Å². The highest BCUT2D eigenvalue weighted by Crippen LogP contribution is 2.06. The minimum absolute atomic E-state index is 0.283. The number of nitrogens with zero attached hydrogens (tertiary/aromatic N) is 2. The van der Waals surface area contributed by atoms with Crippen molar-refractivity contribution in [3.05, 3.63) is 17.5 Å². The number of aromatic nitrogens is 2. The van der Waals surface area contributed by atoms with E-state index >= 15 is 0 Å². The minimum atomic E-state index is -1.33. The molecule has 0 atom stereocenters. The Labute approximate surface area is 73.4 Å². The van der Waals surface area contributed by atoms with Gasteiger partial charge in [0.2, 0.25) is 0 Å². The third kappa shape index (κ3) is 1.66. The van der Waals surface area contributed by atoms with Crippen LogP contribution in [0.2, 0.25) is 0 Å². The van der Waals surface area contributed by atoms with Gasteiger partial charge >= 0.3 is 11.9 Å². The van der Waals surface area contributed by atoms with Crippen LogP contribution < -0.4 is 0 Å². The van der Waals surface area contributed by atoms with Crippen LogP contribution >= 0.6 is 0 Å². The van der Waals surface area contributed by atoms with Gasteiger partial charge in [-0.15, -0.1) is 0 Å². The number of aryl methyl sites for hydroxylation is 1. The summed E-state index contributed by atoms with van der Waals surface area (Å²) in [4.78, 5) is 21.1. The molecule has 0 radical (unpaired) electrons. The molecule has 0 aromatic carbocycles. The molecule has 70 valence electrons. The van der Waals surface area contributed by atoms with E-state index in [1.54, 1.807) is 6.92 Å². The number of carboxylic acid groups (broad SMARTS) is 2. The molecule has 0 aliphatic rings. The molecule has 6 heteroatoms. The number of carboxylic acids is 2. The van der Waals surface area contributed by atoms with Crippen LogP contribution in [0.5, 0.6) is 0 Å². The highest BCUT2D eigenvalue weighted by Gasteiger charge is 2.20. The van der Waals surface area contributed by atoms with E-state index in [2.05, 4.69) is 5.10 Å². The summed E-state index contributed by atoms with van der Waals surface area (Å²) in [6.45, 7) is 2.18. The summed E-state index contributed by atoms with van der Waals surface area (Å²) in [6, 6.07) is 0. The van der Waals surface area contributed by atoms with Crippen molar-refractivity contribution >= 4 is 11.9 Å². The van der Waals surface area contributed by atoms with Gasteiger partial charge in [0.1, 0.15) is 5.56 Å². The lowest BCUT2D eigenvalue weighted by Crippen LogP contribution is -2.06. The Hall–Kier alpha value is -1.85. The summed E-state index contributed by atoms with van der Waals surface area (Å²) in [6.07, 6.45) is 1.20. The summed E-state index contributed by atoms with van der Waals surface area (Å²) in [5.41, 5.74) is -0.705. The molecular weight excluding hydrogens is 176 g/mol. The molecule has 2 N–H and O–H groups in total. The molecule has 1 rings (SSSR count). The zero-order valence-electron chi connectivity index (χ0n) is 6.89. The minimum Gasteiger partial charge on any atom is -0.478 e. The van der Waals surface area contributed by atoms with E-state index in [1.165, 1.54) is 10.9 Å². The normalized spacial score (nSPS) is 9.92. The molecule has 0 saturated heterocycles. The van der Waals surface area contributed by atoms with Gasteiger partial charge in [0.15, 0.2) is 5.69 Å². The lowest BCUT2D eigenvalue weighted by Gasteiger charge is -1.89. The lowest BCUT2D eigenvalue weighted by atomic mass is 10.2. The molecule has 0 saturated carbocycles. The maximum absolute atomic E-state index is 10.5. The molecule has 0 aliphatic heterocycles. The van der Waals surface area contributed by atoms with E-state index in [-0.39, 0.29) is 5.56 Å².